The number of carbonyl (C=O) groups excluding carboxylic acids is 1. The van der Waals surface area contributed by atoms with Crippen molar-refractivity contribution in [3.63, 3.8) is 0 Å². The molecule has 5 heteroatoms. The van der Waals surface area contributed by atoms with Gasteiger partial charge in [0.2, 0.25) is 5.91 Å². The second kappa shape index (κ2) is 8.33. The minimum absolute atomic E-state index is 0.103. The van der Waals surface area contributed by atoms with Gasteiger partial charge in [0.15, 0.2) is 0 Å². The molecule has 1 unspecified atom stereocenters. The Bertz CT molecular complexity index is 747. The fourth-order valence-corrected chi connectivity index (χ4v) is 2.67. The lowest BCUT2D eigenvalue weighted by Gasteiger charge is -2.20. The zero-order valence-electron chi connectivity index (χ0n) is 13.9. The van der Waals surface area contributed by atoms with Crippen molar-refractivity contribution in [2.24, 2.45) is 0 Å². The van der Waals surface area contributed by atoms with E-state index in [-0.39, 0.29) is 24.1 Å². The maximum absolute atomic E-state index is 14.0. The predicted molar refractivity (Wildman–Crippen MR) is 96.9 cm³/mol. The molecule has 1 heterocycles. The summed E-state index contributed by atoms with van der Waals surface area (Å²) in [7, 11) is 0. The highest BCUT2D eigenvalue weighted by atomic mass is 19.1. The average molecular weight is 340 g/mol. The third-order valence-electron chi connectivity index (χ3n) is 4.00. The van der Waals surface area contributed by atoms with Crippen LogP contribution in [0.1, 0.15) is 18.4 Å². The Morgan fingerprint density at radius 2 is 2.04 bits per heavy atom. The topological polar surface area (TPSA) is 50.4 Å². The fourth-order valence-electron chi connectivity index (χ4n) is 2.67. The van der Waals surface area contributed by atoms with Crippen LogP contribution in [0.4, 0.5) is 15.8 Å². The summed E-state index contributed by atoms with van der Waals surface area (Å²) < 4.78 is 19.5. The van der Waals surface area contributed by atoms with Crippen LogP contribution in [0.15, 0.2) is 60.9 Å². The minimum atomic E-state index is -0.455. The van der Waals surface area contributed by atoms with E-state index < -0.39 is 5.82 Å². The summed E-state index contributed by atoms with van der Waals surface area (Å²) in [5.41, 5.74) is 1.81. The lowest BCUT2D eigenvalue weighted by molar-refractivity contribution is -0.115. The van der Waals surface area contributed by atoms with Crippen LogP contribution in [0.3, 0.4) is 0 Å². The molecule has 0 saturated heterocycles. The molecule has 25 heavy (non-hydrogen) atoms. The maximum atomic E-state index is 14.0. The third kappa shape index (κ3) is 5.08. The van der Waals surface area contributed by atoms with E-state index >= 15 is 0 Å². The van der Waals surface area contributed by atoms with E-state index in [0.717, 1.165) is 24.1 Å². The number of carbonyl (C=O) groups is 1. The van der Waals surface area contributed by atoms with Crippen molar-refractivity contribution in [3.05, 3.63) is 72.2 Å². The highest BCUT2D eigenvalue weighted by Gasteiger charge is 2.12. The summed E-state index contributed by atoms with van der Waals surface area (Å²) >= 11 is 0. The number of allylic oxidation sites excluding steroid dienone is 1. The lowest BCUT2D eigenvalue weighted by atomic mass is 10.1. The largest absolute Gasteiger partial charge is 0.497 e. The average Bonchev–Trinajstić information content (AvgIpc) is 2.64. The second-order valence-corrected chi connectivity index (χ2v) is 5.99. The van der Waals surface area contributed by atoms with Gasteiger partial charge in [-0.05, 0) is 42.7 Å². The van der Waals surface area contributed by atoms with Gasteiger partial charge in [-0.25, -0.2) is 4.39 Å². The van der Waals surface area contributed by atoms with E-state index in [4.69, 9.17) is 4.74 Å². The van der Waals surface area contributed by atoms with Crippen molar-refractivity contribution in [2.45, 2.75) is 25.4 Å². The highest BCUT2D eigenvalue weighted by Crippen LogP contribution is 2.21. The van der Waals surface area contributed by atoms with E-state index in [0.29, 0.717) is 6.54 Å². The Labute approximate surface area is 146 Å². The monoisotopic (exact) mass is 340 g/mol. The molecule has 0 saturated carbocycles. The number of ether oxygens (including phenoxy) is 1. The highest BCUT2D eigenvalue weighted by molar-refractivity contribution is 5.92. The molecule has 0 fully saturated rings. The molecule has 2 N–H and O–H groups in total. The van der Waals surface area contributed by atoms with Gasteiger partial charge in [0, 0.05) is 5.69 Å². The van der Waals surface area contributed by atoms with Gasteiger partial charge in [-0.15, -0.1) is 0 Å². The van der Waals surface area contributed by atoms with Gasteiger partial charge in [0.05, 0.1) is 24.9 Å². The molecular formula is C20H21FN2O2. The Kier molecular flexibility index (Phi) is 5.67. The van der Waals surface area contributed by atoms with Crippen LogP contribution < -0.4 is 10.6 Å². The van der Waals surface area contributed by atoms with Crippen LogP contribution in [0, 0.1) is 5.82 Å². The standard InChI is InChI=1S/C20H21FN2O2/c21-18-10-9-16(22-14-17-8-4-5-11-25-17)13-19(18)23-20(24)12-15-6-2-1-3-7-15/h1-3,5-7,9-11,13,17,22H,4,8,12,14H2,(H,23,24). The first-order chi connectivity index (χ1) is 12.2. The number of amides is 1. The zero-order chi connectivity index (χ0) is 17.5. The third-order valence-corrected chi connectivity index (χ3v) is 4.00. The number of nitrogens with one attached hydrogen (secondary N) is 2. The van der Waals surface area contributed by atoms with E-state index in [1.54, 1.807) is 18.4 Å². The quantitative estimate of drug-likeness (QED) is 0.832. The van der Waals surface area contributed by atoms with E-state index in [2.05, 4.69) is 10.6 Å². The molecule has 0 aliphatic carbocycles. The molecule has 4 nitrogen and oxygen atoms in total. The zero-order valence-corrected chi connectivity index (χ0v) is 13.9. The first-order valence-corrected chi connectivity index (χ1v) is 8.38. The van der Waals surface area contributed by atoms with Crippen molar-refractivity contribution in [1.82, 2.24) is 0 Å². The summed E-state index contributed by atoms with van der Waals surface area (Å²) in [5.74, 6) is -0.702. The van der Waals surface area contributed by atoms with Crippen molar-refractivity contribution >= 4 is 17.3 Å². The smallest absolute Gasteiger partial charge is 0.228 e. The van der Waals surface area contributed by atoms with Crippen molar-refractivity contribution in [2.75, 3.05) is 17.2 Å². The number of anilines is 2. The van der Waals surface area contributed by atoms with Crippen LogP contribution in [-0.4, -0.2) is 18.6 Å². The Morgan fingerprint density at radius 3 is 2.80 bits per heavy atom. The van der Waals surface area contributed by atoms with Crippen LogP contribution in [0.25, 0.3) is 0 Å². The number of hydrogen-bond donors (Lipinski definition) is 2. The number of benzene rings is 2. The maximum Gasteiger partial charge on any atom is 0.228 e. The van der Waals surface area contributed by atoms with Crippen LogP contribution in [0.2, 0.25) is 0 Å². The van der Waals surface area contributed by atoms with Crippen molar-refractivity contribution in [1.29, 1.82) is 0 Å². The SMILES string of the molecule is O=C(Cc1ccccc1)Nc1cc(NCC2CCC=CO2)ccc1F. The van der Waals surface area contributed by atoms with Crippen molar-refractivity contribution < 1.29 is 13.9 Å². The molecule has 0 radical (unpaired) electrons. The minimum Gasteiger partial charge on any atom is -0.497 e. The van der Waals surface area contributed by atoms with Crippen LogP contribution in [-0.2, 0) is 16.0 Å². The molecular weight excluding hydrogens is 319 g/mol. The van der Waals surface area contributed by atoms with Gasteiger partial charge in [0.1, 0.15) is 11.9 Å². The number of halogens is 1. The molecule has 1 aliphatic heterocycles. The molecule has 130 valence electrons. The summed E-state index contributed by atoms with van der Waals surface area (Å²) in [6.45, 7) is 0.632. The molecule has 0 aromatic heterocycles. The Hall–Kier alpha value is -2.82. The van der Waals surface area contributed by atoms with Gasteiger partial charge in [-0.3, -0.25) is 4.79 Å². The van der Waals surface area contributed by atoms with Gasteiger partial charge < -0.3 is 15.4 Å². The summed E-state index contributed by atoms with van der Waals surface area (Å²) in [6.07, 6.45) is 5.97. The molecule has 1 amide bonds. The number of rotatable bonds is 6. The van der Waals surface area contributed by atoms with Crippen LogP contribution in [0.5, 0.6) is 0 Å². The molecule has 0 bridgehead atoms. The lowest BCUT2D eigenvalue weighted by Crippen LogP contribution is -2.23. The predicted octanol–water partition coefficient (Wildman–Crippen LogP) is 4.11. The van der Waals surface area contributed by atoms with E-state index in [1.165, 1.54) is 6.07 Å². The molecule has 2 aromatic carbocycles. The van der Waals surface area contributed by atoms with Gasteiger partial charge >= 0.3 is 0 Å². The molecule has 3 rings (SSSR count). The molecule has 1 atom stereocenters. The van der Waals surface area contributed by atoms with Crippen LogP contribution >= 0.6 is 0 Å². The number of hydrogen-bond acceptors (Lipinski definition) is 3. The van der Waals surface area contributed by atoms with Gasteiger partial charge in [-0.2, -0.15) is 0 Å². The fraction of sp³-hybridized carbons (Fsp3) is 0.250. The van der Waals surface area contributed by atoms with Gasteiger partial charge in [-0.1, -0.05) is 30.3 Å². The summed E-state index contributed by atoms with van der Waals surface area (Å²) in [4.78, 5) is 12.1. The second-order valence-electron chi connectivity index (χ2n) is 5.99. The summed E-state index contributed by atoms with van der Waals surface area (Å²) in [5, 5.41) is 5.87. The van der Waals surface area contributed by atoms with Gasteiger partial charge in [0.25, 0.3) is 0 Å². The first kappa shape index (κ1) is 17.0. The summed E-state index contributed by atoms with van der Waals surface area (Å²) in [6, 6.07) is 14.0. The Morgan fingerprint density at radius 1 is 1.20 bits per heavy atom. The molecule has 2 aromatic rings. The normalized spacial score (nSPS) is 16.1. The van der Waals surface area contributed by atoms with E-state index in [1.807, 2.05) is 36.4 Å². The molecule has 1 aliphatic rings. The van der Waals surface area contributed by atoms with Crippen molar-refractivity contribution in [3.8, 4) is 0 Å². The molecule has 0 spiro atoms. The first-order valence-electron chi connectivity index (χ1n) is 8.38. The van der Waals surface area contributed by atoms with E-state index in [9.17, 15) is 9.18 Å². The Balaban J connectivity index is 1.59.